The molecule has 0 aliphatic carbocycles. The molecule has 20 heavy (non-hydrogen) atoms. The van der Waals surface area contributed by atoms with Crippen LogP contribution >= 0.6 is 0 Å². The van der Waals surface area contributed by atoms with Gasteiger partial charge >= 0.3 is 5.97 Å². The molecule has 0 fully saturated rings. The van der Waals surface area contributed by atoms with E-state index in [4.69, 9.17) is 5.11 Å². The van der Waals surface area contributed by atoms with Crippen LogP contribution in [0.15, 0.2) is 25.2 Å². The van der Waals surface area contributed by atoms with Crippen LogP contribution in [0.1, 0.15) is 10.5 Å². The number of carboxylic acid groups (broad SMARTS) is 1. The molecule has 0 atom stereocenters. The van der Waals surface area contributed by atoms with E-state index in [-0.39, 0.29) is 5.69 Å². The molecule has 0 radical (unpaired) electrons. The third-order valence-corrected chi connectivity index (χ3v) is 2.74. The van der Waals surface area contributed by atoms with Gasteiger partial charge in [-0.2, -0.15) is 0 Å². The largest absolute Gasteiger partial charge is 0.476 e. The standard InChI is InChI=1S/C11H11N7O2/c19-11(20)7-3-18(6-17-7)2-1-12-9-8-10(14-4-13-8)16-5-15-9/h3-6H,1-2H2,(H,19,20)(H2,12,13,14,15,16). The molecule has 9 heteroatoms. The first-order valence-corrected chi connectivity index (χ1v) is 5.87. The van der Waals surface area contributed by atoms with Crippen molar-refractivity contribution in [3.05, 3.63) is 30.9 Å². The number of imidazole rings is 2. The number of rotatable bonds is 5. The first-order chi connectivity index (χ1) is 9.74. The molecule has 9 nitrogen and oxygen atoms in total. The average Bonchev–Trinajstić information content (AvgIpc) is 3.07. The number of nitrogens with one attached hydrogen (secondary N) is 2. The molecule has 102 valence electrons. The van der Waals surface area contributed by atoms with Crippen LogP contribution in [0.4, 0.5) is 5.82 Å². The molecule has 3 heterocycles. The lowest BCUT2D eigenvalue weighted by Gasteiger charge is -2.06. The SMILES string of the molecule is O=C(O)c1cn(CCNc2ncnc3nc[nH]c23)cn1. The number of anilines is 1. The van der Waals surface area contributed by atoms with Gasteiger partial charge in [0.25, 0.3) is 0 Å². The van der Waals surface area contributed by atoms with Crippen molar-refractivity contribution in [3.8, 4) is 0 Å². The lowest BCUT2D eigenvalue weighted by atomic mass is 10.4. The van der Waals surface area contributed by atoms with Gasteiger partial charge in [0.15, 0.2) is 17.2 Å². The van der Waals surface area contributed by atoms with Gasteiger partial charge < -0.3 is 20.0 Å². The zero-order chi connectivity index (χ0) is 13.9. The molecular formula is C11H11N7O2. The summed E-state index contributed by atoms with van der Waals surface area (Å²) < 4.78 is 1.70. The van der Waals surface area contributed by atoms with Crippen molar-refractivity contribution in [1.82, 2.24) is 29.5 Å². The number of carboxylic acids is 1. The Labute approximate surface area is 112 Å². The van der Waals surface area contributed by atoms with Gasteiger partial charge in [-0.05, 0) is 0 Å². The molecule has 0 saturated heterocycles. The summed E-state index contributed by atoms with van der Waals surface area (Å²) in [6.45, 7) is 1.14. The summed E-state index contributed by atoms with van der Waals surface area (Å²) in [5, 5.41) is 11.9. The number of aromatic carboxylic acids is 1. The summed E-state index contributed by atoms with van der Waals surface area (Å²) in [7, 11) is 0. The monoisotopic (exact) mass is 273 g/mol. The normalized spacial score (nSPS) is 10.8. The summed E-state index contributed by atoms with van der Waals surface area (Å²) >= 11 is 0. The minimum absolute atomic E-state index is 0.0306. The Bertz CT molecular complexity index is 748. The maximum absolute atomic E-state index is 10.7. The molecule has 0 spiro atoms. The van der Waals surface area contributed by atoms with Crippen LogP contribution in [0.25, 0.3) is 11.2 Å². The molecule has 3 rings (SSSR count). The minimum Gasteiger partial charge on any atom is -0.476 e. The van der Waals surface area contributed by atoms with E-state index < -0.39 is 5.97 Å². The molecule has 0 amide bonds. The molecule has 0 aliphatic heterocycles. The highest BCUT2D eigenvalue weighted by molar-refractivity contribution is 5.84. The van der Waals surface area contributed by atoms with Crippen molar-refractivity contribution in [3.63, 3.8) is 0 Å². The zero-order valence-electron chi connectivity index (χ0n) is 10.3. The second kappa shape index (κ2) is 4.96. The van der Waals surface area contributed by atoms with Gasteiger partial charge in [0.1, 0.15) is 11.8 Å². The Morgan fingerprint density at radius 2 is 2.25 bits per heavy atom. The highest BCUT2D eigenvalue weighted by Crippen LogP contribution is 2.13. The third-order valence-electron chi connectivity index (χ3n) is 2.74. The van der Waals surface area contributed by atoms with Gasteiger partial charge in [0.2, 0.25) is 0 Å². The summed E-state index contributed by atoms with van der Waals surface area (Å²) in [4.78, 5) is 29.6. The summed E-state index contributed by atoms with van der Waals surface area (Å²) in [5.41, 5.74) is 1.37. The Morgan fingerprint density at radius 3 is 3.05 bits per heavy atom. The van der Waals surface area contributed by atoms with Crippen molar-refractivity contribution in [2.75, 3.05) is 11.9 Å². The van der Waals surface area contributed by atoms with E-state index in [1.165, 1.54) is 18.9 Å². The molecule has 3 N–H and O–H groups in total. The number of nitrogens with zero attached hydrogens (tertiary/aromatic N) is 5. The highest BCUT2D eigenvalue weighted by Gasteiger charge is 2.07. The fraction of sp³-hybridized carbons (Fsp3) is 0.182. The lowest BCUT2D eigenvalue weighted by molar-refractivity contribution is 0.0691. The Kier molecular flexibility index (Phi) is 2.99. The number of H-pyrrole nitrogens is 1. The fourth-order valence-corrected chi connectivity index (χ4v) is 1.80. The minimum atomic E-state index is -1.04. The number of aromatic amines is 1. The number of fused-ring (bicyclic) bond motifs is 1. The summed E-state index contributed by atoms with van der Waals surface area (Å²) in [6.07, 6.45) is 5.96. The second-order valence-electron chi connectivity index (χ2n) is 4.05. The van der Waals surface area contributed by atoms with Gasteiger partial charge in [-0.25, -0.2) is 24.7 Å². The van der Waals surface area contributed by atoms with Crippen molar-refractivity contribution >= 4 is 23.0 Å². The lowest BCUT2D eigenvalue weighted by Crippen LogP contribution is -2.10. The predicted octanol–water partition coefficient (Wildman–Crippen LogP) is 0.360. The van der Waals surface area contributed by atoms with Crippen LogP contribution in [0.3, 0.4) is 0 Å². The molecule has 0 saturated carbocycles. The number of hydrogen-bond donors (Lipinski definition) is 3. The molecule has 3 aromatic heterocycles. The molecular weight excluding hydrogens is 262 g/mol. The van der Waals surface area contributed by atoms with Gasteiger partial charge in [-0.1, -0.05) is 0 Å². The van der Waals surface area contributed by atoms with E-state index in [0.29, 0.717) is 24.6 Å². The summed E-state index contributed by atoms with van der Waals surface area (Å²) in [6, 6.07) is 0. The van der Waals surface area contributed by atoms with Gasteiger partial charge in [-0.15, -0.1) is 0 Å². The maximum atomic E-state index is 10.7. The fourth-order valence-electron chi connectivity index (χ4n) is 1.80. The highest BCUT2D eigenvalue weighted by atomic mass is 16.4. The Morgan fingerprint density at radius 1 is 1.35 bits per heavy atom. The summed E-state index contributed by atoms with van der Waals surface area (Å²) in [5.74, 6) is -0.377. The predicted molar refractivity (Wildman–Crippen MR) is 69.4 cm³/mol. The van der Waals surface area contributed by atoms with Gasteiger partial charge in [0.05, 0.1) is 12.7 Å². The van der Waals surface area contributed by atoms with E-state index in [1.807, 2.05) is 0 Å². The van der Waals surface area contributed by atoms with E-state index >= 15 is 0 Å². The maximum Gasteiger partial charge on any atom is 0.356 e. The van der Waals surface area contributed by atoms with Crippen molar-refractivity contribution in [2.24, 2.45) is 0 Å². The molecule has 0 bridgehead atoms. The molecule has 0 aromatic carbocycles. The molecule has 0 unspecified atom stereocenters. The zero-order valence-corrected chi connectivity index (χ0v) is 10.3. The van der Waals surface area contributed by atoms with E-state index in [9.17, 15) is 4.79 Å². The van der Waals surface area contributed by atoms with Gasteiger partial charge in [-0.3, -0.25) is 0 Å². The number of hydrogen-bond acceptors (Lipinski definition) is 6. The Balaban J connectivity index is 1.64. The quantitative estimate of drug-likeness (QED) is 0.613. The van der Waals surface area contributed by atoms with E-state index in [2.05, 4.69) is 30.2 Å². The third kappa shape index (κ3) is 2.28. The van der Waals surface area contributed by atoms with Gasteiger partial charge in [0, 0.05) is 19.3 Å². The average molecular weight is 273 g/mol. The second-order valence-corrected chi connectivity index (χ2v) is 4.05. The van der Waals surface area contributed by atoms with Crippen LogP contribution in [0.2, 0.25) is 0 Å². The molecule has 3 aromatic rings. The Hall–Kier alpha value is -2.97. The first-order valence-electron chi connectivity index (χ1n) is 5.87. The van der Waals surface area contributed by atoms with Crippen LogP contribution in [-0.2, 0) is 6.54 Å². The van der Waals surface area contributed by atoms with Crippen molar-refractivity contribution in [2.45, 2.75) is 6.54 Å². The first kappa shape index (κ1) is 12.1. The van der Waals surface area contributed by atoms with E-state index in [0.717, 1.165) is 5.52 Å². The van der Waals surface area contributed by atoms with Crippen LogP contribution in [0.5, 0.6) is 0 Å². The topological polar surface area (TPSA) is 122 Å². The van der Waals surface area contributed by atoms with E-state index in [1.54, 1.807) is 10.9 Å². The number of aromatic nitrogens is 6. The van der Waals surface area contributed by atoms with Crippen LogP contribution < -0.4 is 5.32 Å². The van der Waals surface area contributed by atoms with Crippen molar-refractivity contribution in [1.29, 1.82) is 0 Å². The smallest absolute Gasteiger partial charge is 0.356 e. The van der Waals surface area contributed by atoms with Crippen LogP contribution in [-0.4, -0.2) is 47.1 Å². The molecule has 0 aliphatic rings. The van der Waals surface area contributed by atoms with Crippen molar-refractivity contribution < 1.29 is 9.90 Å². The van der Waals surface area contributed by atoms with Crippen LogP contribution in [0, 0.1) is 0 Å². The number of carbonyl (C=O) groups is 1.